The molecule has 2 rings (SSSR count). The second-order valence-electron chi connectivity index (χ2n) is 4.16. The third-order valence-corrected chi connectivity index (χ3v) is 4.54. The van der Waals surface area contributed by atoms with E-state index in [9.17, 15) is 4.21 Å². The molecular formula is C12H17ClN2OS. The van der Waals surface area contributed by atoms with E-state index in [2.05, 4.69) is 11.0 Å². The summed E-state index contributed by atoms with van der Waals surface area (Å²) in [6.45, 7) is 2.28. The first kappa shape index (κ1) is 12.9. The fourth-order valence-corrected chi connectivity index (χ4v) is 3.38. The number of hydrogen-bond acceptors (Lipinski definition) is 3. The molecule has 5 heteroatoms. The Labute approximate surface area is 109 Å². The molecule has 1 aliphatic heterocycles. The van der Waals surface area contributed by atoms with Crippen LogP contribution in [0, 0.1) is 0 Å². The fraction of sp³-hybridized carbons (Fsp3) is 0.500. The number of nitrogens with zero attached hydrogens (tertiary/aromatic N) is 1. The summed E-state index contributed by atoms with van der Waals surface area (Å²) >= 11 is 6.28. The molecule has 0 saturated carbocycles. The van der Waals surface area contributed by atoms with Crippen molar-refractivity contribution in [2.45, 2.75) is 6.42 Å². The van der Waals surface area contributed by atoms with Gasteiger partial charge < -0.3 is 10.6 Å². The van der Waals surface area contributed by atoms with E-state index >= 15 is 0 Å². The van der Waals surface area contributed by atoms with Gasteiger partial charge in [-0.1, -0.05) is 17.7 Å². The second kappa shape index (κ2) is 5.85. The average Bonchev–Trinajstić information content (AvgIpc) is 2.31. The molecule has 0 bridgehead atoms. The highest BCUT2D eigenvalue weighted by Crippen LogP contribution is 2.27. The van der Waals surface area contributed by atoms with Crippen molar-refractivity contribution in [2.24, 2.45) is 5.73 Å². The van der Waals surface area contributed by atoms with Crippen molar-refractivity contribution < 1.29 is 4.21 Å². The zero-order valence-corrected chi connectivity index (χ0v) is 11.3. The number of rotatable bonds is 3. The highest BCUT2D eigenvalue weighted by atomic mass is 35.5. The minimum absolute atomic E-state index is 0.637. The lowest BCUT2D eigenvalue weighted by Gasteiger charge is -2.29. The van der Waals surface area contributed by atoms with Crippen molar-refractivity contribution in [1.29, 1.82) is 0 Å². The zero-order chi connectivity index (χ0) is 12.3. The monoisotopic (exact) mass is 272 g/mol. The lowest BCUT2D eigenvalue weighted by Crippen LogP contribution is -2.37. The molecule has 0 unspecified atom stereocenters. The highest BCUT2D eigenvalue weighted by Gasteiger charge is 2.17. The quantitative estimate of drug-likeness (QED) is 0.905. The molecule has 0 atom stereocenters. The second-order valence-corrected chi connectivity index (χ2v) is 6.26. The van der Waals surface area contributed by atoms with Crippen molar-refractivity contribution in [3.8, 4) is 0 Å². The zero-order valence-electron chi connectivity index (χ0n) is 9.69. The van der Waals surface area contributed by atoms with E-state index in [0.29, 0.717) is 6.54 Å². The molecular weight excluding hydrogens is 256 g/mol. The van der Waals surface area contributed by atoms with Crippen molar-refractivity contribution in [3.63, 3.8) is 0 Å². The van der Waals surface area contributed by atoms with Crippen LogP contribution in [0.15, 0.2) is 18.2 Å². The van der Waals surface area contributed by atoms with Crippen LogP contribution in [0.1, 0.15) is 5.56 Å². The maximum absolute atomic E-state index is 11.3. The molecule has 2 N–H and O–H groups in total. The minimum Gasteiger partial charge on any atom is -0.368 e. The summed E-state index contributed by atoms with van der Waals surface area (Å²) in [4.78, 5) is 2.20. The fourth-order valence-electron chi connectivity index (χ4n) is 2.01. The van der Waals surface area contributed by atoms with Gasteiger partial charge in [0.1, 0.15) is 0 Å². The molecule has 1 aromatic rings. The van der Waals surface area contributed by atoms with E-state index in [4.69, 9.17) is 17.3 Å². The Bertz CT molecular complexity index is 415. The van der Waals surface area contributed by atoms with E-state index in [0.717, 1.165) is 41.7 Å². The lowest BCUT2D eigenvalue weighted by molar-refractivity contribution is 0.673. The largest absolute Gasteiger partial charge is 0.368 e. The van der Waals surface area contributed by atoms with E-state index in [1.54, 1.807) is 0 Å². The molecule has 3 nitrogen and oxygen atoms in total. The molecule has 0 radical (unpaired) electrons. The SMILES string of the molecule is NCCc1ccc(N2CCS(=O)CC2)c(Cl)c1. The Morgan fingerprint density at radius 1 is 1.35 bits per heavy atom. The molecule has 1 aliphatic rings. The summed E-state index contributed by atoms with van der Waals surface area (Å²) in [5, 5.41) is 0.767. The van der Waals surface area contributed by atoms with Gasteiger partial charge in [0.2, 0.25) is 0 Å². The predicted octanol–water partition coefficient (Wildman–Crippen LogP) is 1.41. The summed E-state index contributed by atoms with van der Waals surface area (Å²) in [6, 6.07) is 6.09. The Morgan fingerprint density at radius 2 is 2.06 bits per heavy atom. The van der Waals surface area contributed by atoms with Crippen LogP contribution in [-0.2, 0) is 17.2 Å². The van der Waals surface area contributed by atoms with Crippen LogP contribution in [0.3, 0.4) is 0 Å². The maximum Gasteiger partial charge on any atom is 0.0642 e. The van der Waals surface area contributed by atoms with Gasteiger partial charge in [0.15, 0.2) is 0 Å². The van der Waals surface area contributed by atoms with E-state index in [1.165, 1.54) is 5.56 Å². The Morgan fingerprint density at radius 3 is 2.65 bits per heavy atom. The Balaban J connectivity index is 2.13. The summed E-state index contributed by atoms with van der Waals surface area (Å²) in [5.41, 5.74) is 7.73. The number of hydrogen-bond donors (Lipinski definition) is 1. The predicted molar refractivity (Wildman–Crippen MR) is 74.3 cm³/mol. The van der Waals surface area contributed by atoms with Gasteiger partial charge in [0.05, 0.1) is 10.7 Å². The van der Waals surface area contributed by atoms with Gasteiger partial charge in [-0.25, -0.2) is 0 Å². The molecule has 0 amide bonds. The third kappa shape index (κ3) is 3.21. The first-order chi connectivity index (χ1) is 8.20. The molecule has 94 valence electrons. The lowest BCUT2D eigenvalue weighted by atomic mass is 10.1. The molecule has 17 heavy (non-hydrogen) atoms. The number of anilines is 1. The van der Waals surface area contributed by atoms with E-state index < -0.39 is 10.8 Å². The van der Waals surface area contributed by atoms with Crippen LogP contribution in [0.4, 0.5) is 5.69 Å². The Hall–Kier alpha value is -0.580. The smallest absolute Gasteiger partial charge is 0.0642 e. The maximum atomic E-state index is 11.3. The molecule has 1 aromatic carbocycles. The van der Waals surface area contributed by atoms with Crippen LogP contribution in [0.2, 0.25) is 5.02 Å². The van der Waals surface area contributed by atoms with Gasteiger partial charge in [-0.05, 0) is 30.7 Å². The first-order valence-corrected chi connectivity index (χ1v) is 7.65. The number of benzene rings is 1. The molecule has 0 aliphatic carbocycles. The van der Waals surface area contributed by atoms with Gasteiger partial charge in [0, 0.05) is 35.4 Å². The van der Waals surface area contributed by atoms with Crippen molar-refractivity contribution >= 4 is 28.1 Å². The minimum atomic E-state index is -0.650. The van der Waals surface area contributed by atoms with Crippen molar-refractivity contribution in [2.75, 3.05) is 36.0 Å². The summed E-state index contributed by atoms with van der Waals surface area (Å²) in [5.74, 6) is 1.47. The van der Waals surface area contributed by atoms with E-state index in [-0.39, 0.29) is 0 Å². The van der Waals surface area contributed by atoms with Crippen LogP contribution < -0.4 is 10.6 Å². The highest BCUT2D eigenvalue weighted by molar-refractivity contribution is 7.85. The topological polar surface area (TPSA) is 46.3 Å². The van der Waals surface area contributed by atoms with Crippen LogP contribution in [-0.4, -0.2) is 35.3 Å². The van der Waals surface area contributed by atoms with Crippen LogP contribution in [0.25, 0.3) is 0 Å². The molecule has 1 saturated heterocycles. The molecule has 0 aromatic heterocycles. The Kier molecular flexibility index (Phi) is 4.42. The van der Waals surface area contributed by atoms with Crippen LogP contribution in [0.5, 0.6) is 0 Å². The molecule has 1 heterocycles. The summed E-state index contributed by atoms with van der Waals surface area (Å²) in [7, 11) is -0.650. The normalized spacial score (nSPS) is 17.4. The average molecular weight is 273 g/mol. The van der Waals surface area contributed by atoms with Gasteiger partial charge in [0.25, 0.3) is 0 Å². The summed E-state index contributed by atoms with van der Waals surface area (Å²) < 4.78 is 11.3. The summed E-state index contributed by atoms with van der Waals surface area (Å²) in [6.07, 6.45) is 0.851. The first-order valence-electron chi connectivity index (χ1n) is 5.79. The van der Waals surface area contributed by atoms with Gasteiger partial charge in [-0.15, -0.1) is 0 Å². The number of nitrogens with two attached hydrogens (primary N) is 1. The standard InChI is InChI=1S/C12H17ClN2OS/c13-11-9-10(3-4-14)1-2-12(11)15-5-7-17(16)8-6-15/h1-2,9H,3-8,14H2. The number of halogens is 1. The van der Waals surface area contributed by atoms with E-state index in [1.807, 2.05) is 12.1 Å². The van der Waals surface area contributed by atoms with Crippen molar-refractivity contribution in [3.05, 3.63) is 28.8 Å². The van der Waals surface area contributed by atoms with Gasteiger partial charge >= 0.3 is 0 Å². The van der Waals surface area contributed by atoms with Gasteiger partial charge in [-0.2, -0.15) is 0 Å². The van der Waals surface area contributed by atoms with Gasteiger partial charge in [-0.3, -0.25) is 4.21 Å². The molecule has 0 spiro atoms. The van der Waals surface area contributed by atoms with Crippen LogP contribution >= 0.6 is 11.6 Å². The van der Waals surface area contributed by atoms with Crippen molar-refractivity contribution in [1.82, 2.24) is 0 Å². The third-order valence-electron chi connectivity index (χ3n) is 2.96. The molecule has 1 fully saturated rings.